The monoisotopic (exact) mass is 403 g/mol. The minimum absolute atomic E-state index is 0.200. The summed E-state index contributed by atoms with van der Waals surface area (Å²) >= 11 is 0. The van der Waals surface area contributed by atoms with Gasteiger partial charge in [0.1, 0.15) is 5.82 Å². The van der Waals surface area contributed by atoms with Crippen molar-refractivity contribution in [3.05, 3.63) is 101 Å². The molecule has 1 heterocycles. The van der Waals surface area contributed by atoms with Crippen LogP contribution >= 0.6 is 0 Å². The Kier molecular flexibility index (Phi) is 6.40. The van der Waals surface area contributed by atoms with Crippen molar-refractivity contribution in [3.8, 4) is 0 Å². The number of nitrogens with zero attached hydrogens (tertiary/aromatic N) is 1. The highest BCUT2D eigenvalue weighted by Gasteiger charge is 2.26. The SMILES string of the molecule is O=C(NCCN1Cc2ccccc2CC1Cc1ccc(F)cc1)Nc1ccccc1. The average Bonchev–Trinajstić information content (AvgIpc) is 2.76. The zero-order valence-electron chi connectivity index (χ0n) is 16.9. The van der Waals surface area contributed by atoms with Crippen molar-refractivity contribution in [3.63, 3.8) is 0 Å². The lowest BCUT2D eigenvalue weighted by atomic mass is 9.90. The fourth-order valence-electron chi connectivity index (χ4n) is 4.01. The molecule has 30 heavy (non-hydrogen) atoms. The van der Waals surface area contributed by atoms with E-state index in [0.29, 0.717) is 12.6 Å². The fourth-order valence-corrected chi connectivity index (χ4v) is 4.01. The maximum atomic E-state index is 13.3. The number of amides is 2. The number of anilines is 1. The van der Waals surface area contributed by atoms with E-state index in [1.165, 1.54) is 23.3 Å². The standard InChI is InChI=1S/C25H26FN3O/c26-22-12-10-19(11-13-22)16-24-17-20-6-4-5-7-21(20)18-29(24)15-14-27-25(30)28-23-8-2-1-3-9-23/h1-13,24H,14-18H2,(H2,27,28,30). The molecule has 0 aromatic heterocycles. The van der Waals surface area contributed by atoms with Crippen LogP contribution in [0, 0.1) is 5.82 Å². The van der Waals surface area contributed by atoms with Gasteiger partial charge in [-0.05, 0) is 53.8 Å². The van der Waals surface area contributed by atoms with E-state index in [0.717, 1.165) is 37.2 Å². The number of benzene rings is 3. The van der Waals surface area contributed by atoms with E-state index in [-0.39, 0.29) is 11.8 Å². The van der Waals surface area contributed by atoms with E-state index in [1.807, 2.05) is 42.5 Å². The van der Waals surface area contributed by atoms with E-state index in [2.05, 4.69) is 39.8 Å². The molecule has 1 atom stereocenters. The molecule has 154 valence electrons. The Morgan fingerprint density at radius 1 is 0.933 bits per heavy atom. The lowest BCUT2D eigenvalue weighted by molar-refractivity contribution is 0.171. The van der Waals surface area contributed by atoms with Gasteiger partial charge in [0, 0.05) is 31.4 Å². The molecule has 3 aromatic rings. The van der Waals surface area contributed by atoms with Crippen LogP contribution in [0.3, 0.4) is 0 Å². The third-order valence-electron chi connectivity index (χ3n) is 5.56. The van der Waals surface area contributed by atoms with Crippen molar-refractivity contribution in [1.29, 1.82) is 0 Å². The summed E-state index contributed by atoms with van der Waals surface area (Å²) in [5.74, 6) is -0.210. The highest BCUT2D eigenvalue weighted by Crippen LogP contribution is 2.25. The smallest absolute Gasteiger partial charge is 0.319 e. The average molecular weight is 404 g/mol. The van der Waals surface area contributed by atoms with Crippen LogP contribution in [0.25, 0.3) is 0 Å². The Balaban J connectivity index is 1.38. The van der Waals surface area contributed by atoms with E-state index in [9.17, 15) is 9.18 Å². The number of carbonyl (C=O) groups excluding carboxylic acids is 1. The minimum Gasteiger partial charge on any atom is -0.337 e. The zero-order valence-corrected chi connectivity index (χ0v) is 16.9. The molecule has 4 nitrogen and oxygen atoms in total. The first-order valence-electron chi connectivity index (χ1n) is 10.3. The third kappa shape index (κ3) is 5.24. The van der Waals surface area contributed by atoms with Crippen molar-refractivity contribution in [2.45, 2.75) is 25.4 Å². The fraction of sp³-hybridized carbons (Fsp3) is 0.240. The molecule has 0 saturated carbocycles. The molecule has 0 saturated heterocycles. The Labute approximate surface area is 176 Å². The highest BCUT2D eigenvalue weighted by atomic mass is 19.1. The van der Waals surface area contributed by atoms with Gasteiger partial charge in [-0.25, -0.2) is 9.18 Å². The number of para-hydroxylation sites is 1. The molecule has 1 aliphatic rings. The Hall–Kier alpha value is -3.18. The third-order valence-corrected chi connectivity index (χ3v) is 5.56. The largest absolute Gasteiger partial charge is 0.337 e. The first kappa shape index (κ1) is 20.1. The zero-order chi connectivity index (χ0) is 20.8. The van der Waals surface area contributed by atoms with E-state index in [1.54, 1.807) is 0 Å². The number of hydrogen-bond donors (Lipinski definition) is 2. The summed E-state index contributed by atoms with van der Waals surface area (Å²) in [6.45, 7) is 2.16. The van der Waals surface area contributed by atoms with Crippen LogP contribution in [0.2, 0.25) is 0 Å². The molecule has 1 unspecified atom stereocenters. The van der Waals surface area contributed by atoms with Gasteiger partial charge in [-0.1, -0.05) is 54.6 Å². The number of rotatable bonds is 6. The first-order valence-corrected chi connectivity index (χ1v) is 10.3. The van der Waals surface area contributed by atoms with E-state index >= 15 is 0 Å². The molecule has 5 heteroatoms. The highest BCUT2D eigenvalue weighted by molar-refractivity contribution is 5.89. The van der Waals surface area contributed by atoms with Gasteiger partial charge in [0.2, 0.25) is 0 Å². The second-order valence-corrected chi connectivity index (χ2v) is 7.67. The Morgan fingerprint density at radius 3 is 2.40 bits per heavy atom. The molecule has 0 bridgehead atoms. The second kappa shape index (κ2) is 9.55. The quantitative estimate of drug-likeness (QED) is 0.631. The summed E-state index contributed by atoms with van der Waals surface area (Å²) < 4.78 is 13.3. The molecular weight excluding hydrogens is 377 g/mol. The van der Waals surface area contributed by atoms with Crippen LogP contribution < -0.4 is 10.6 Å². The van der Waals surface area contributed by atoms with Crippen molar-refractivity contribution < 1.29 is 9.18 Å². The number of nitrogens with one attached hydrogen (secondary N) is 2. The van der Waals surface area contributed by atoms with Crippen LogP contribution in [-0.2, 0) is 19.4 Å². The molecule has 2 amide bonds. The molecule has 0 radical (unpaired) electrons. The summed E-state index contributed by atoms with van der Waals surface area (Å²) in [4.78, 5) is 14.6. The van der Waals surface area contributed by atoms with Crippen molar-refractivity contribution in [2.24, 2.45) is 0 Å². The van der Waals surface area contributed by atoms with E-state index in [4.69, 9.17) is 0 Å². The molecule has 0 aliphatic carbocycles. The summed E-state index contributed by atoms with van der Waals surface area (Å²) in [6.07, 6.45) is 1.80. The molecule has 2 N–H and O–H groups in total. The number of carbonyl (C=O) groups is 1. The summed E-state index contributed by atoms with van der Waals surface area (Å²) in [6, 6.07) is 24.8. The summed E-state index contributed by atoms with van der Waals surface area (Å²) in [5.41, 5.74) is 4.61. The minimum atomic E-state index is -0.210. The molecule has 1 aliphatic heterocycles. The van der Waals surface area contributed by atoms with Crippen molar-refractivity contribution in [2.75, 3.05) is 18.4 Å². The lowest BCUT2D eigenvalue weighted by Crippen LogP contribution is -2.45. The van der Waals surface area contributed by atoms with Gasteiger partial charge in [0.05, 0.1) is 0 Å². The van der Waals surface area contributed by atoms with E-state index < -0.39 is 0 Å². The van der Waals surface area contributed by atoms with Crippen molar-refractivity contribution >= 4 is 11.7 Å². The van der Waals surface area contributed by atoms with Gasteiger partial charge < -0.3 is 10.6 Å². The van der Waals surface area contributed by atoms with Crippen LogP contribution in [0.5, 0.6) is 0 Å². The topological polar surface area (TPSA) is 44.4 Å². The van der Waals surface area contributed by atoms with Crippen LogP contribution in [0.1, 0.15) is 16.7 Å². The summed E-state index contributed by atoms with van der Waals surface area (Å²) in [7, 11) is 0. The van der Waals surface area contributed by atoms with Gasteiger partial charge in [-0.3, -0.25) is 4.90 Å². The van der Waals surface area contributed by atoms with Crippen LogP contribution in [-0.4, -0.2) is 30.1 Å². The van der Waals surface area contributed by atoms with Gasteiger partial charge in [-0.2, -0.15) is 0 Å². The summed E-state index contributed by atoms with van der Waals surface area (Å²) in [5, 5.41) is 5.80. The predicted octanol–water partition coefficient (Wildman–Crippen LogP) is 4.62. The molecule has 0 fully saturated rings. The van der Waals surface area contributed by atoms with Gasteiger partial charge in [0.15, 0.2) is 0 Å². The molecular formula is C25H26FN3O. The van der Waals surface area contributed by atoms with Gasteiger partial charge in [-0.15, -0.1) is 0 Å². The molecule has 3 aromatic carbocycles. The van der Waals surface area contributed by atoms with Gasteiger partial charge in [0.25, 0.3) is 0 Å². The number of fused-ring (bicyclic) bond motifs is 1. The van der Waals surface area contributed by atoms with Crippen LogP contribution in [0.4, 0.5) is 14.9 Å². The number of halogens is 1. The first-order chi connectivity index (χ1) is 14.7. The molecule has 4 rings (SSSR count). The van der Waals surface area contributed by atoms with Crippen molar-refractivity contribution in [1.82, 2.24) is 10.2 Å². The number of urea groups is 1. The normalized spacial score (nSPS) is 16.0. The molecule has 0 spiro atoms. The van der Waals surface area contributed by atoms with Gasteiger partial charge >= 0.3 is 6.03 Å². The lowest BCUT2D eigenvalue weighted by Gasteiger charge is -2.37. The predicted molar refractivity (Wildman–Crippen MR) is 118 cm³/mol. The Morgan fingerprint density at radius 2 is 1.63 bits per heavy atom. The number of hydrogen-bond acceptors (Lipinski definition) is 2. The Bertz CT molecular complexity index is 975. The second-order valence-electron chi connectivity index (χ2n) is 7.67. The maximum Gasteiger partial charge on any atom is 0.319 e. The van der Waals surface area contributed by atoms with Crippen LogP contribution in [0.15, 0.2) is 78.9 Å². The maximum absolute atomic E-state index is 13.3.